The predicted octanol–water partition coefficient (Wildman–Crippen LogP) is 28.7. The fourth-order valence-electron chi connectivity index (χ4n) is 18.3. The van der Waals surface area contributed by atoms with Crippen molar-refractivity contribution in [2.24, 2.45) is 35.5 Å². The van der Waals surface area contributed by atoms with Gasteiger partial charge in [-0.3, -0.25) is 86.9 Å². The Morgan fingerprint density at radius 2 is 0.546 bits per heavy atom. The van der Waals surface area contributed by atoms with Crippen LogP contribution in [0.5, 0.6) is 0 Å². The SMILES string of the molecule is CC(C)CN1C(=O)c2cc(-c3ccc(Br)s3)c3c4c(cc(-c5ccc(Br)s5)c(c24)C1=O)C(=O)N(CC(C)C)C3=O.CC(C)CN1C(=O)c2cc(-c3cccs3)c3c4c(cc(-c5cccs5)c(c24)C1=O)C(=O)N(CC(C)C)C3=O.CC(C)CN1C(=O)c2cc(Br)c3c4c(cc(Br)c(c24)C1=O)C(=O)N(CC(C)C)C3=O.CCCC.CCC[CH2][SnH]([CH2]CCC)[c]1cccs1.[CH3][Sn]([CH3])([CH3])[c]1s[c]([Sn]([CH3])([CH3])[CH3])c(F)c1F. The summed E-state index contributed by atoms with van der Waals surface area (Å²) in [5.41, 5.74) is 6.59. The van der Waals surface area contributed by atoms with Gasteiger partial charge in [-0.15, -0.1) is 45.3 Å². The maximum atomic E-state index is 14.1. The molecular weight excluding hydrogens is 2480 g/mol. The van der Waals surface area contributed by atoms with Gasteiger partial charge in [-0.25, -0.2) is 0 Å². The van der Waals surface area contributed by atoms with E-state index in [2.05, 4.69) is 139 Å². The summed E-state index contributed by atoms with van der Waals surface area (Å²) in [4.78, 5) is 189. The standard InChI is InChI=1S/C30H24Br2N2O4S2.C30H26N2O4S2.C22H20Br2N2O4.C4F2S.C4H3S.C4H10.2C4H9.6CH3.3Sn.H/c1-13(2)11-33-27(35)17-9-16(20-6-8-22(32)40-20)26-24-18(28(36)34(30(26)38)12-14(3)4)10-15(19-5-7-21(31)39-19)25(23(17)24)29(33)37;1-15(2)13-31-27(33)19-11-18(22-8-6-10-38-22)26-24-20(28(34)32(30(26)36)14-16(3)4)12-17(21-7-5-9-37-21)25(23(19)24)29(31)35;1-9(2)7-25-19(27)11-5-14(24)18-16-12(6-13(23)17(15(11)16)21(25)29)20(28)26(22(18)30)8-10(3)4;5-3-1-7-2-4(3)6;1-2-4-5-3-1;3*1-3-4-2;;;;;;;;;;/h5-10,13-14H,11-12H2,1-4H3;5-12,15-16H,13-14H2,1-4H3;5-6,9-10H,7-8H2,1-4H3;;1-3H;3-4H2,1-2H3;2*1,3-4H2,2H3;6*1H3;;;;. The van der Waals surface area contributed by atoms with Gasteiger partial charge >= 0.3 is 204 Å². The topological polar surface area (TPSA) is 224 Å². The maximum absolute atomic E-state index is 14.1. The minimum absolute atomic E-state index is 0.0576. The number of hydrogen-bond donors (Lipinski definition) is 0. The van der Waals surface area contributed by atoms with Crippen molar-refractivity contribution in [3.05, 3.63) is 208 Å². The van der Waals surface area contributed by atoms with Crippen LogP contribution in [0, 0.1) is 47.1 Å². The van der Waals surface area contributed by atoms with Crippen LogP contribution in [-0.4, -0.2) is 196 Å². The predicted molar refractivity (Wildman–Crippen MR) is 598 cm³/mol. The zero-order valence-electron chi connectivity index (χ0n) is 83.7. The molecule has 6 aliphatic rings. The zero-order chi connectivity index (χ0) is 103. The Bertz CT molecular complexity index is 6580. The van der Waals surface area contributed by atoms with Crippen LogP contribution in [-0.2, 0) is 0 Å². The van der Waals surface area contributed by atoms with Crippen LogP contribution in [0.4, 0.5) is 8.78 Å². The molecule has 12 amide bonds. The molecule has 0 N–H and O–H groups in total. The van der Waals surface area contributed by atoms with Crippen molar-refractivity contribution in [3.8, 4) is 41.8 Å². The number of halogens is 6. The van der Waals surface area contributed by atoms with Gasteiger partial charge < -0.3 is 0 Å². The van der Waals surface area contributed by atoms with Gasteiger partial charge in [-0.2, -0.15) is 0 Å². The van der Waals surface area contributed by atoms with Gasteiger partial charge in [-0.05, 0) is 183 Å². The Morgan fingerprint density at radius 3 is 0.759 bits per heavy atom. The molecule has 0 saturated carbocycles. The fourth-order valence-corrected chi connectivity index (χ4v) is 52.2. The molecule has 6 aliphatic heterocycles. The van der Waals surface area contributed by atoms with Gasteiger partial charge in [0, 0.05) is 156 Å². The first-order valence-electron chi connectivity index (χ1n) is 48.2. The average molecular weight is 2600 g/mol. The van der Waals surface area contributed by atoms with Gasteiger partial charge in [-0.1, -0.05) is 122 Å². The molecule has 0 aliphatic carbocycles. The second kappa shape index (κ2) is 46.4. The molecule has 141 heavy (non-hydrogen) atoms. The van der Waals surface area contributed by atoms with Crippen LogP contribution in [0.25, 0.3) is 74.1 Å². The molecule has 6 aromatic heterocycles. The van der Waals surface area contributed by atoms with Crippen LogP contribution in [0.15, 0.2) is 130 Å². The molecule has 0 atom stereocenters. The van der Waals surface area contributed by atoms with Gasteiger partial charge in [0.2, 0.25) is 0 Å². The summed E-state index contributed by atoms with van der Waals surface area (Å²) < 4.78 is 36.7. The van der Waals surface area contributed by atoms with Gasteiger partial charge in [0.15, 0.2) is 0 Å². The Morgan fingerprint density at radius 1 is 0.298 bits per heavy atom. The summed E-state index contributed by atoms with van der Waals surface area (Å²) >= 11 is 17.0. The number of unbranched alkanes of at least 4 members (excludes halogenated alkanes) is 3. The zero-order valence-corrected chi connectivity index (χ0v) is 104. The van der Waals surface area contributed by atoms with Crippen molar-refractivity contribution in [1.82, 2.24) is 29.4 Å². The third-order valence-corrected chi connectivity index (χ3v) is 64.1. The molecule has 0 spiro atoms. The molecule has 0 fully saturated rings. The van der Waals surface area contributed by atoms with Crippen LogP contribution in [0.1, 0.15) is 274 Å². The normalized spacial score (nSPS) is 14.5. The van der Waals surface area contributed by atoms with E-state index >= 15 is 0 Å². The number of imide groups is 6. The molecule has 12 aromatic rings. The van der Waals surface area contributed by atoms with Gasteiger partial charge in [0.05, 0.1) is 41.0 Å². The summed E-state index contributed by atoms with van der Waals surface area (Å²) in [5, 5.41) is 8.48. The number of carbonyl (C=O) groups excluding carboxylic acids is 12. The van der Waals surface area contributed by atoms with Crippen molar-refractivity contribution in [3.63, 3.8) is 0 Å². The molecule has 0 bridgehead atoms. The first kappa shape index (κ1) is 112. The quantitative estimate of drug-likeness (QED) is 0.0365. The van der Waals surface area contributed by atoms with Crippen LogP contribution in [0.3, 0.4) is 0 Å². The van der Waals surface area contributed by atoms with E-state index < -0.39 is 115 Å². The molecule has 12 heterocycles. The molecule has 33 heteroatoms. The third kappa shape index (κ3) is 22.8. The van der Waals surface area contributed by atoms with Crippen LogP contribution >= 0.6 is 132 Å². The Hall–Kier alpha value is -6.68. The molecule has 6 aromatic carbocycles. The molecule has 18 nitrogen and oxygen atoms in total. The number of benzene rings is 6. The first-order valence-corrected chi connectivity index (χ1v) is 82.7. The van der Waals surface area contributed by atoms with Gasteiger partial charge in [0.1, 0.15) is 0 Å². The second-order valence-electron chi connectivity index (χ2n) is 40.9. The van der Waals surface area contributed by atoms with Crippen molar-refractivity contribution in [2.45, 2.75) is 188 Å². The van der Waals surface area contributed by atoms with E-state index in [1.165, 1.54) is 125 Å². The van der Waals surface area contributed by atoms with E-state index in [1.807, 2.05) is 157 Å². The fraction of sp³-hybridized carbons (Fsp3) is 0.389. The summed E-state index contributed by atoms with van der Waals surface area (Å²) in [7, 11) is 0. The van der Waals surface area contributed by atoms with E-state index in [-0.39, 0.29) is 98.4 Å². The van der Waals surface area contributed by atoms with Crippen molar-refractivity contribution >= 4 is 300 Å². The summed E-state index contributed by atoms with van der Waals surface area (Å²) in [5.74, 6) is -5.42. The molecule has 744 valence electrons. The van der Waals surface area contributed by atoms with E-state index in [4.69, 9.17) is 0 Å². The van der Waals surface area contributed by atoms with E-state index in [9.17, 15) is 66.3 Å². The van der Waals surface area contributed by atoms with Crippen molar-refractivity contribution in [2.75, 3.05) is 39.3 Å². The number of amides is 12. The Labute approximate surface area is 897 Å². The third-order valence-electron chi connectivity index (χ3n) is 24.7. The van der Waals surface area contributed by atoms with Crippen LogP contribution < -0.4 is 8.68 Å². The average Bonchev–Trinajstić information content (AvgIpc) is 1.59. The Balaban J connectivity index is 0.000000154. The van der Waals surface area contributed by atoms with E-state index in [0.29, 0.717) is 130 Å². The molecule has 0 saturated heterocycles. The summed E-state index contributed by atoms with van der Waals surface area (Å²) in [6, 6.07) is 30.1. The van der Waals surface area contributed by atoms with Gasteiger partial charge in [0.25, 0.3) is 70.9 Å². The molecule has 0 unspecified atom stereocenters. The number of hydrogen-bond acceptors (Lipinski definition) is 18. The molecular formula is C108H120Br4F2N6O12S6Sn3. The number of rotatable bonds is 26. The van der Waals surface area contributed by atoms with E-state index in [0.717, 1.165) is 32.9 Å². The number of nitrogens with zero attached hydrogens (tertiary/aromatic N) is 6. The Kier molecular flexibility index (Phi) is 36.7. The van der Waals surface area contributed by atoms with Crippen LogP contribution in [0.2, 0.25) is 38.5 Å². The minimum atomic E-state index is -2.46. The van der Waals surface area contributed by atoms with Crippen molar-refractivity contribution < 1.29 is 66.3 Å². The number of thiophene rings is 6. The monoisotopic (exact) mass is 2600 g/mol. The van der Waals surface area contributed by atoms with Crippen molar-refractivity contribution in [1.29, 1.82) is 0 Å². The molecule has 18 rings (SSSR count). The summed E-state index contributed by atoms with van der Waals surface area (Å²) in [6.07, 6.45) is 8.35. The van der Waals surface area contributed by atoms with E-state index in [1.54, 1.807) is 45.3 Å². The number of carbonyl (C=O) groups is 12. The molecule has 0 radical (unpaired) electrons. The second-order valence-corrected chi connectivity index (χ2v) is 92.3. The first-order chi connectivity index (χ1) is 66.5. The summed E-state index contributed by atoms with van der Waals surface area (Å²) in [6.45, 7) is 34.1.